The van der Waals surface area contributed by atoms with Crippen LogP contribution in [-0.4, -0.2) is 5.11 Å². The van der Waals surface area contributed by atoms with Gasteiger partial charge in [-0.3, -0.25) is 0 Å². The van der Waals surface area contributed by atoms with Crippen LogP contribution < -0.4 is 0 Å². The number of hydrogen-bond acceptors (Lipinski definition) is 1. The second-order valence-corrected chi connectivity index (χ2v) is 5.33. The van der Waals surface area contributed by atoms with Crippen molar-refractivity contribution in [1.29, 1.82) is 0 Å². The van der Waals surface area contributed by atoms with Crippen LogP contribution in [0.15, 0.2) is 18.2 Å². The van der Waals surface area contributed by atoms with E-state index in [0.717, 1.165) is 6.42 Å². The molecule has 1 atom stereocenters. The van der Waals surface area contributed by atoms with Gasteiger partial charge in [0.2, 0.25) is 0 Å². The lowest BCUT2D eigenvalue weighted by molar-refractivity contribution is 0.287. The van der Waals surface area contributed by atoms with Crippen LogP contribution in [0.4, 0.5) is 0 Å². The topological polar surface area (TPSA) is 20.2 Å². The Morgan fingerprint density at radius 2 is 2.07 bits per heavy atom. The number of hydrogen-bond donors (Lipinski definition) is 1. The number of phenolic OH excluding ortho intramolecular Hbond substituents is 1. The summed E-state index contributed by atoms with van der Waals surface area (Å²) in [6, 6.07) is 5.80. The molecule has 76 valence electrons. The van der Waals surface area contributed by atoms with Gasteiger partial charge < -0.3 is 5.11 Å². The van der Waals surface area contributed by atoms with E-state index in [9.17, 15) is 5.11 Å². The zero-order chi connectivity index (χ0) is 10.3. The van der Waals surface area contributed by atoms with Crippen molar-refractivity contribution in [3.8, 4) is 5.75 Å². The number of fused-ring (bicyclic) bond motifs is 1. The van der Waals surface area contributed by atoms with E-state index in [1.165, 1.54) is 17.5 Å². The van der Waals surface area contributed by atoms with Gasteiger partial charge in [-0.25, -0.2) is 0 Å². The second-order valence-electron chi connectivity index (χ2n) is 5.33. The predicted molar refractivity (Wildman–Crippen MR) is 58.6 cm³/mol. The van der Waals surface area contributed by atoms with Gasteiger partial charge in [-0.2, -0.15) is 0 Å². The van der Waals surface area contributed by atoms with Gasteiger partial charge in [0.1, 0.15) is 5.75 Å². The lowest BCUT2D eigenvalue weighted by Crippen LogP contribution is -2.24. The highest BCUT2D eigenvalue weighted by Crippen LogP contribution is 2.42. The highest BCUT2D eigenvalue weighted by atomic mass is 16.3. The molecule has 0 aromatic heterocycles. The van der Waals surface area contributed by atoms with Crippen molar-refractivity contribution in [2.45, 2.75) is 39.5 Å². The molecular formula is C13H18O. The average Bonchev–Trinajstić information content (AvgIpc) is 2.00. The van der Waals surface area contributed by atoms with Crippen molar-refractivity contribution in [2.75, 3.05) is 0 Å². The van der Waals surface area contributed by atoms with Crippen molar-refractivity contribution in [3.63, 3.8) is 0 Å². The van der Waals surface area contributed by atoms with Gasteiger partial charge in [0.05, 0.1) is 0 Å². The molecule has 14 heavy (non-hydrogen) atoms. The number of phenols is 1. The highest BCUT2D eigenvalue weighted by molar-refractivity contribution is 5.39. The van der Waals surface area contributed by atoms with Gasteiger partial charge >= 0.3 is 0 Å². The fraction of sp³-hybridized carbons (Fsp3) is 0.538. The molecule has 1 N–H and O–H groups in total. The van der Waals surface area contributed by atoms with E-state index >= 15 is 0 Å². The molecule has 0 spiro atoms. The molecule has 0 fully saturated rings. The summed E-state index contributed by atoms with van der Waals surface area (Å²) < 4.78 is 0. The molecule has 0 saturated heterocycles. The molecule has 0 radical (unpaired) electrons. The van der Waals surface area contributed by atoms with Gasteiger partial charge in [-0.05, 0) is 47.4 Å². The number of benzene rings is 1. The monoisotopic (exact) mass is 190 g/mol. The summed E-state index contributed by atoms with van der Waals surface area (Å²) >= 11 is 0. The van der Waals surface area contributed by atoms with E-state index in [-0.39, 0.29) is 0 Å². The summed E-state index contributed by atoms with van der Waals surface area (Å²) in [7, 11) is 0. The molecule has 0 heterocycles. The van der Waals surface area contributed by atoms with E-state index in [4.69, 9.17) is 0 Å². The molecule has 1 aromatic carbocycles. The Bertz CT molecular complexity index is 352. The van der Waals surface area contributed by atoms with Crippen LogP contribution in [0.3, 0.4) is 0 Å². The molecule has 0 saturated carbocycles. The first kappa shape index (κ1) is 9.57. The first-order valence-electron chi connectivity index (χ1n) is 5.30. The molecule has 1 heteroatoms. The van der Waals surface area contributed by atoms with Crippen LogP contribution in [0.25, 0.3) is 0 Å². The third-order valence-corrected chi connectivity index (χ3v) is 3.19. The molecular weight excluding hydrogens is 172 g/mol. The fourth-order valence-corrected chi connectivity index (χ4v) is 2.75. The van der Waals surface area contributed by atoms with Gasteiger partial charge in [0.15, 0.2) is 0 Å². The van der Waals surface area contributed by atoms with Crippen LogP contribution in [-0.2, 0) is 6.42 Å². The van der Waals surface area contributed by atoms with E-state index in [2.05, 4.69) is 26.8 Å². The Balaban J connectivity index is 2.46. The molecule has 1 aromatic rings. The Morgan fingerprint density at radius 1 is 1.36 bits per heavy atom. The minimum absolute atomic E-state index is 0.375. The lowest BCUT2D eigenvalue weighted by atomic mass is 9.70. The molecule has 1 nitrogen and oxygen atoms in total. The summed E-state index contributed by atoms with van der Waals surface area (Å²) in [5.41, 5.74) is 3.12. The molecule has 1 aliphatic rings. The number of aromatic hydroxyl groups is 1. The van der Waals surface area contributed by atoms with Gasteiger partial charge in [0, 0.05) is 0 Å². The van der Waals surface area contributed by atoms with Crippen LogP contribution >= 0.6 is 0 Å². The fourth-order valence-electron chi connectivity index (χ4n) is 2.75. The minimum atomic E-state index is 0.375. The van der Waals surface area contributed by atoms with Gasteiger partial charge in [-0.1, -0.05) is 26.8 Å². The molecule has 0 aliphatic heterocycles. The van der Waals surface area contributed by atoms with Crippen LogP contribution in [0.5, 0.6) is 5.75 Å². The van der Waals surface area contributed by atoms with E-state index in [1.54, 1.807) is 6.07 Å². The maximum absolute atomic E-state index is 9.44. The summed E-state index contributed by atoms with van der Waals surface area (Å²) in [5.74, 6) is 1.02. The van der Waals surface area contributed by atoms with Crippen LogP contribution in [0, 0.1) is 5.41 Å². The molecule has 0 amide bonds. The first-order valence-corrected chi connectivity index (χ1v) is 5.30. The molecule has 2 rings (SSSR count). The first-order chi connectivity index (χ1) is 6.48. The third-order valence-electron chi connectivity index (χ3n) is 3.19. The van der Waals surface area contributed by atoms with Crippen molar-refractivity contribution in [1.82, 2.24) is 0 Å². The molecule has 1 aliphatic carbocycles. The average molecular weight is 190 g/mol. The zero-order valence-corrected chi connectivity index (χ0v) is 9.17. The summed E-state index contributed by atoms with van der Waals surface area (Å²) in [6.45, 7) is 6.88. The van der Waals surface area contributed by atoms with Gasteiger partial charge in [-0.15, -0.1) is 0 Å². The Morgan fingerprint density at radius 3 is 2.79 bits per heavy atom. The number of rotatable bonds is 0. The normalized spacial score (nSPS) is 24.4. The Labute approximate surface area is 85.8 Å². The highest BCUT2D eigenvalue weighted by Gasteiger charge is 2.29. The lowest BCUT2D eigenvalue weighted by Gasteiger charge is -2.35. The summed E-state index contributed by atoms with van der Waals surface area (Å²) in [4.78, 5) is 0. The zero-order valence-electron chi connectivity index (χ0n) is 9.17. The second kappa shape index (κ2) is 3.01. The van der Waals surface area contributed by atoms with Crippen molar-refractivity contribution >= 4 is 0 Å². The Hall–Kier alpha value is -0.980. The van der Waals surface area contributed by atoms with Crippen LogP contribution in [0.1, 0.15) is 44.2 Å². The standard InChI is InChI=1S/C13H18O/c1-9-7-13(2,3)8-10-6-11(14)4-5-12(9)10/h4-6,9,14H,7-8H2,1-3H3. The van der Waals surface area contributed by atoms with Crippen molar-refractivity contribution in [3.05, 3.63) is 29.3 Å². The van der Waals surface area contributed by atoms with E-state index < -0.39 is 0 Å². The smallest absolute Gasteiger partial charge is 0.115 e. The van der Waals surface area contributed by atoms with Crippen LogP contribution in [0.2, 0.25) is 0 Å². The molecule has 0 bridgehead atoms. The maximum atomic E-state index is 9.44. The Kier molecular flexibility index (Phi) is 2.06. The predicted octanol–water partition coefficient (Wildman–Crippen LogP) is 3.47. The molecule has 1 unspecified atom stereocenters. The summed E-state index contributed by atoms with van der Waals surface area (Å²) in [6.07, 6.45) is 2.33. The SMILES string of the molecule is CC1CC(C)(C)Cc2cc(O)ccc21. The summed E-state index contributed by atoms with van der Waals surface area (Å²) in [5, 5.41) is 9.44. The van der Waals surface area contributed by atoms with Gasteiger partial charge in [0.25, 0.3) is 0 Å². The minimum Gasteiger partial charge on any atom is -0.508 e. The third kappa shape index (κ3) is 1.63. The van der Waals surface area contributed by atoms with Crippen molar-refractivity contribution < 1.29 is 5.11 Å². The van der Waals surface area contributed by atoms with Crippen molar-refractivity contribution in [2.24, 2.45) is 5.41 Å². The van der Waals surface area contributed by atoms with E-state index in [1.807, 2.05) is 6.07 Å². The quantitative estimate of drug-likeness (QED) is 0.664. The largest absolute Gasteiger partial charge is 0.508 e. The maximum Gasteiger partial charge on any atom is 0.115 e. The van der Waals surface area contributed by atoms with E-state index in [0.29, 0.717) is 17.1 Å².